The Hall–Kier alpha value is -5.10. The summed E-state index contributed by atoms with van der Waals surface area (Å²) >= 11 is 0. The fourth-order valence-corrected chi connectivity index (χ4v) is 7.39. The van der Waals surface area contributed by atoms with Crippen molar-refractivity contribution in [1.82, 2.24) is 19.5 Å². The van der Waals surface area contributed by atoms with Crippen LogP contribution in [0.5, 0.6) is 0 Å². The number of nitrogens with zero attached hydrogens (tertiary/aromatic N) is 4. The molecule has 0 amide bonds. The van der Waals surface area contributed by atoms with E-state index in [9.17, 15) is 0 Å². The van der Waals surface area contributed by atoms with E-state index in [1.807, 2.05) is 55.6 Å². The third kappa shape index (κ3) is 5.94. The number of aryl methyl sites for hydroxylation is 3. The van der Waals surface area contributed by atoms with Crippen molar-refractivity contribution in [3.05, 3.63) is 126 Å². The summed E-state index contributed by atoms with van der Waals surface area (Å²) in [6.07, 6.45) is 5.14. The van der Waals surface area contributed by atoms with Gasteiger partial charge in [0, 0.05) is 49.3 Å². The van der Waals surface area contributed by atoms with Gasteiger partial charge in [0.15, 0.2) is 0 Å². The third-order valence-corrected chi connectivity index (χ3v) is 9.49. The van der Waals surface area contributed by atoms with E-state index in [0.717, 1.165) is 98.0 Å². The second-order valence-electron chi connectivity index (χ2n) is 14.5. The molecule has 7 heteroatoms. The Labute approximate surface area is 309 Å². The van der Waals surface area contributed by atoms with Gasteiger partial charge in [0.1, 0.15) is 5.58 Å². The topological polar surface area (TPSA) is 69.9 Å². The van der Waals surface area contributed by atoms with Crippen LogP contribution in [0.1, 0.15) is 44.0 Å². The van der Waals surface area contributed by atoms with Crippen molar-refractivity contribution in [2.45, 2.75) is 53.5 Å². The maximum Gasteiger partial charge on any atom is 0.216 e. The number of imidazole rings is 1. The van der Waals surface area contributed by atoms with Crippen LogP contribution in [-0.2, 0) is 39.5 Å². The predicted octanol–water partition coefficient (Wildman–Crippen LogP) is 11.1. The van der Waals surface area contributed by atoms with E-state index in [2.05, 4.69) is 96.0 Å². The molecule has 0 spiro atoms. The second-order valence-corrected chi connectivity index (χ2v) is 14.5. The van der Waals surface area contributed by atoms with Crippen LogP contribution < -0.4 is 0 Å². The molecule has 6 nitrogen and oxygen atoms in total. The van der Waals surface area contributed by atoms with Crippen LogP contribution in [0, 0.1) is 24.5 Å². The summed E-state index contributed by atoms with van der Waals surface area (Å²) in [5.74, 6) is 0.938. The Bertz CT molecular complexity index is 2730. The minimum Gasteiger partial charge on any atom is -0.501 e. The molecule has 6 heterocycles. The average Bonchev–Trinajstić information content (AvgIpc) is 3.80. The van der Waals surface area contributed by atoms with E-state index in [1.54, 1.807) is 0 Å². The molecule has 0 unspecified atom stereocenters. The zero-order chi connectivity index (χ0) is 34.0. The molecule has 1 radical (unpaired) electrons. The predicted molar refractivity (Wildman–Crippen MR) is 201 cm³/mol. The van der Waals surface area contributed by atoms with Crippen molar-refractivity contribution in [2.75, 3.05) is 0 Å². The minimum absolute atomic E-state index is 0. The molecule has 0 atom stereocenters. The number of hydrogen-bond acceptors (Lipinski definition) is 5. The van der Waals surface area contributed by atoms with Gasteiger partial charge < -0.3 is 18.4 Å². The molecule has 4 aromatic carbocycles. The monoisotopic (exact) mass is 845 g/mol. The number of pyridine rings is 2. The molecule has 255 valence electrons. The van der Waals surface area contributed by atoms with Crippen molar-refractivity contribution in [1.29, 1.82) is 0 Å². The SMILES string of the molecule is CC(C)(C)Cc1ccnc(-c2[c-]ccc3c2oc2ccccc23)c1.Cc1ccc2c(n1)oc1c(-c3nc4cccc5c4n3CCC5)[c-]ccc12.[Ir]. The third-order valence-electron chi connectivity index (χ3n) is 9.49. The van der Waals surface area contributed by atoms with Gasteiger partial charge in [0.2, 0.25) is 5.71 Å². The molecule has 1 aliphatic rings. The average molecular weight is 845 g/mol. The molecule has 0 fully saturated rings. The molecule has 51 heavy (non-hydrogen) atoms. The summed E-state index contributed by atoms with van der Waals surface area (Å²) in [7, 11) is 0. The first-order valence-corrected chi connectivity index (χ1v) is 17.3. The Morgan fingerprint density at radius 3 is 2.41 bits per heavy atom. The summed E-state index contributed by atoms with van der Waals surface area (Å²) < 4.78 is 14.6. The quantitative estimate of drug-likeness (QED) is 0.166. The molecule has 1 aliphatic heterocycles. The van der Waals surface area contributed by atoms with Gasteiger partial charge in [-0.3, -0.25) is 4.98 Å². The Morgan fingerprint density at radius 2 is 1.57 bits per heavy atom. The summed E-state index contributed by atoms with van der Waals surface area (Å²) in [5, 5.41) is 4.35. The maximum atomic E-state index is 6.17. The van der Waals surface area contributed by atoms with Gasteiger partial charge in [-0.15, -0.1) is 36.4 Å². The van der Waals surface area contributed by atoms with Crippen molar-refractivity contribution in [3.63, 3.8) is 0 Å². The van der Waals surface area contributed by atoms with Gasteiger partial charge >= 0.3 is 0 Å². The molecule has 10 rings (SSSR count). The number of benzene rings is 4. The van der Waals surface area contributed by atoms with Gasteiger partial charge in [0.05, 0.1) is 28.0 Å². The summed E-state index contributed by atoms with van der Waals surface area (Å²) in [4.78, 5) is 14.1. The van der Waals surface area contributed by atoms with Crippen molar-refractivity contribution in [2.24, 2.45) is 5.41 Å². The first-order valence-electron chi connectivity index (χ1n) is 17.3. The minimum atomic E-state index is 0. The van der Waals surface area contributed by atoms with E-state index < -0.39 is 0 Å². The molecule has 0 N–H and O–H groups in total. The summed E-state index contributed by atoms with van der Waals surface area (Å²) in [6, 6.07) is 37.6. The molecular weight excluding hydrogens is 809 g/mol. The first kappa shape index (κ1) is 33.1. The Balaban J connectivity index is 0.000000144. The summed E-state index contributed by atoms with van der Waals surface area (Å²) in [6.45, 7) is 9.70. The van der Waals surface area contributed by atoms with Crippen LogP contribution in [0.25, 0.3) is 77.7 Å². The van der Waals surface area contributed by atoms with Crippen LogP contribution in [-0.4, -0.2) is 19.5 Å². The number of rotatable bonds is 3. The molecule has 0 saturated carbocycles. The number of furan rings is 2. The van der Waals surface area contributed by atoms with Crippen molar-refractivity contribution >= 4 is 55.0 Å². The van der Waals surface area contributed by atoms with Gasteiger partial charge in [-0.2, -0.15) is 0 Å². The molecule has 9 aromatic rings. The molecule has 0 aliphatic carbocycles. The van der Waals surface area contributed by atoms with Gasteiger partial charge in [-0.05, 0) is 73.2 Å². The fourth-order valence-electron chi connectivity index (χ4n) is 7.39. The van der Waals surface area contributed by atoms with Gasteiger partial charge in [-0.1, -0.05) is 84.6 Å². The molecule has 0 saturated heterocycles. The zero-order valence-corrected chi connectivity index (χ0v) is 31.4. The smallest absolute Gasteiger partial charge is 0.216 e. The van der Waals surface area contributed by atoms with E-state index >= 15 is 0 Å². The standard InChI is InChI=1S/C22H16N3O.C22H20NO.Ir/c1-13-10-11-16-15-7-3-8-17(20(15)26-22(16)23-13)21-24-18-9-2-5-14-6-4-12-25(21)19(14)18;1-22(2,3)14-15-11-12-23-19(13-15)18-9-6-8-17-16-7-4-5-10-20(16)24-21(17)18;/h2-3,5,7,9-11H,4,6,12H2,1H3;4-8,10-13H,14H2,1-3H3;/q2*-1;. The number of fused-ring (bicyclic) bond motifs is 6. The second kappa shape index (κ2) is 12.9. The van der Waals surface area contributed by atoms with E-state index in [0.29, 0.717) is 5.71 Å². The Kier molecular flexibility index (Phi) is 8.36. The van der Waals surface area contributed by atoms with E-state index in [4.69, 9.17) is 13.8 Å². The number of aromatic nitrogens is 4. The summed E-state index contributed by atoms with van der Waals surface area (Å²) in [5.41, 5.74) is 12.2. The van der Waals surface area contributed by atoms with Crippen molar-refractivity contribution < 1.29 is 28.9 Å². The maximum absolute atomic E-state index is 6.17. The first-order chi connectivity index (χ1) is 24.3. The van der Waals surface area contributed by atoms with Gasteiger partial charge in [-0.25, -0.2) is 4.98 Å². The van der Waals surface area contributed by atoms with Crippen LogP contribution in [0.4, 0.5) is 0 Å². The normalized spacial score (nSPS) is 12.8. The van der Waals surface area contributed by atoms with Crippen molar-refractivity contribution in [3.8, 4) is 22.6 Å². The molecule has 5 aromatic heterocycles. The molecule has 0 bridgehead atoms. The number of hydrogen-bond donors (Lipinski definition) is 0. The van der Waals surface area contributed by atoms with Crippen LogP contribution in [0.3, 0.4) is 0 Å². The van der Waals surface area contributed by atoms with E-state index in [1.165, 1.54) is 16.6 Å². The molecular formula is C44H36IrN4O2-2. The van der Waals surface area contributed by atoms with Crippen LogP contribution >= 0.6 is 0 Å². The van der Waals surface area contributed by atoms with Gasteiger partial charge in [0.25, 0.3) is 0 Å². The Morgan fingerprint density at radius 1 is 0.784 bits per heavy atom. The van der Waals surface area contributed by atoms with Crippen LogP contribution in [0.2, 0.25) is 0 Å². The van der Waals surface area contributed by atoms with E-state index in [-0.39, 0.29) is 25.5 Å². The largest absolute Gasteiger partial charge is 0.501 e. The number of para-hydroxylation sites is 2. The zero-order valence-electron chi connectivity index (χ0n) is 29.0. The van der Waals surface area contributed by atoms with Crippen LogP contribution in [0.15, 0.2) is 106 Å². The fraction of sp³-hybridized carbons (Fsp3) is 0.205.